The molecule has 1 amide bonds. The standard InChI is InChI=1S/C17H26N2O6.ClH.H2O/c1-21-14-10-13(11-15(22-2)17(14)23-3)25-12-16(20)18-4-5-19-6-8-24-9-7-19;;/h10-11H,4-9,12H2,1-3H3,(H,18,20);1H;1H2. The van der Waals surface area contributed by atoms with Crippen molar-refractivity contribution in [3.63, 3.8) is 0 Å². The number of hydrogen-bond donors (Lipinski definition) is 1. The van der Waals surface area contributed by atoms with Gasteiger partial charge in [-0.2, -0.15) is 0 Å². The summed E-state index contributed by atoms with van der Waals surface area (Å²) < 4.78 is 26.6. The van der Waals surface area contributed by atoms with E-state index in [9.17, 15) is 4.79 Å². The van der Waals surface area contributed by atoms with Crippen molar-refractivity contribution in [2.45, 2.75) is 0 Å². The second-order valence-corrected chi connectivity index (χ2v) is 5.45. The summed E-state index contributed by atoms with van der Waals surface area (Å²) in [5.41, 5.74) is 0. The van der Waals surface area contributed by atoms with Crippen LogP contribution in [0.4, 0.5) is 0 Å². The van der Waals surface area contributed by atoms with Crippen LogP contribution in [0.2, 0.25) is 0 Å². The van der Waals surface area contributed by atoms with Gasteiger partial charge in [0.2, 0.25) is 5.75 Å². The molecule has 0 radical (unpaired) electrons. The van der Waals surface area contributed by atoms with Crippen molar-refractivity contribution in [1.82, 2.24) is 10.2 Å². The van der Waals surface area contributed by atoms with Crippen LogP contribution >= 0.6 is 12.4 Å². The molecule has 0 bridgehead atoms. The molecule has 156 valence electrons. The molecule has 1 aromatic carbocycles. The number of amides is 1. The molecule has 0 aliphatic carbocycles. The first-order valence-electron chi connectivity index (χ1n) is 8.17. The van der Waals surface area contributed by atoms with E-state index in [1.165, 1.54) is 21.3 Å². The fourth-order valence-electron chi connectivity index (χ4n) is 2.52. The molecule has 0 atom stereocenters. The number of carbonyl (C=O) groups is 1. The van der Waals surface area contributed by atoms with Gasteiger partial charge in [-0.1, -0.05) is 0 Å². The van der Waals surface area contributed by atoms with E-state index in [-0.39, 0.29) is 30.4 Å². The van der Waals surface area contributed by atoms with Crippen LogP contribution in [0.3, 0.4) is 0 Å². The van der Waals surface area contributed by atoms with E-state index >= 15 is 0 Å². The van der Waals surface area contributed by atoms with Crippen molar-refractivity contribution in [2.75, 3.05) is 67.3 Å². The van der Waals surface area contributed by atoms with Crippen molar-refractivity contribution in [2.24, 2.45) is 0 Å². The van der Waals surface area contributed by atoms with E-state index < -0.39 is 0 Å². The molecule has 3 N–H and O–H groups in total. The summed E-state index contributed by atoms with van der Waals surface area (Å²) in [5, 5.41) is 2.85. The largest absolute Gasteiger partial charge is 0.493 e. The Kier molecular flexibility index (Phi) is 12.3. The van der Waals surface area contributed by atoms with Crippen LogP contribution in [0.15, 0.2) is 12.1 Å². The van der Waals surface area contributed by atoms with Gasteiger partial charge in [-0.15, -0.1) is 12.4 Å². The van der Waals surface area contributed by atoms with E-state index in [0.29, 0.717) is 29.5 Å². The maximum atomic E-state index is 11.9. The lowest BCUT2D eigenvalue weighted by atomic mass is 10.2. The molecule has 1 fully saturated rings. The minimum atomic E-state index is -0.179. The van der Waals surface area contributed by atoms with Crippen molar-refractivity contribution >= 4 is 18.3 Å². The molecule has 1 saturated heterocycles. The van der Waals surface area contributed by atoms with Gasteiger partial charge in [0.25, 0.3) is 5.91 Å². The number of carbonyl (C=O) groups excluding carboxylic acids is 1. The zero-order valence-electron chi connectivity index (χ0n) is 15.9. The van der Waals surface area contributed by atoms with Crippen LogP contribution in [0.25, 0.3) is 0 Å². The van der Waals surface area contributed by atoms with Crippen LogP contribution in [0.5, 0.6) is 23.0 Å². The summed E-state index contributed by atoms with van der Waals surface area (Å²) in [6.07, 6.45) is 0. The Morgan fingerprint density at radius 3 is 2.22 bits per heavy atom. The maximum Gasteiger partial charge on any atom is 0.257 e. The van der Waals surface area contributed by atoms with Crippen LogP contribution in [0.1, 0.15) is 0 Å². The second kappa shape index (κ2) is 13.3. The second-order valence-electron chi connectivity index (χ2n) is 5.45. The zero-order valence-corrected chi connectivity index (χ0v) is 16.7. The molecular weight excluding hydrogens is 380 g/mol. The molecule has 1 aliphatic rings. The van der Waals surface area contributed by atoms with Crippen LogP contribution < -0.4 is 24.3 Å². The lowest BCUT2D eigenvalue weighted by Gasteiger charge is -2.26. The zero-order chi connectivity index (χ0) is 18.1. The van der Waals surface area contributed by atoms with Gasteiger partial charge in [-0.3, -0.25) is 9.69 Å². The van der Waals surface area contributed by atoms with Crippen molar-refractivity contribution < 1.29 is 34.0 Å². The molecule has 27 heavy (non-hydrogen) atoms. The number of nitrogens with one attached hydrogen (secondary N) is 1. The molecular formula is C17H29ClN2O7. The van der Waals surface area contributed by atoms with Gasteiger partial charge in [0, 0.05) is 38.3 Å². The summed E-state index contributed by atoms with van der Waals surface area (Å²) in [4.78, 5) is 14.2. The number of morpholine rings is 1. The summed E-state index contributed by atoms with van der Waals surface area (Å²) in [7, 11) is 4.58. The molecule has 10 heteroatoms. The normalized spacial score (nSPS) is 13.6. The van der Waals surface area contributed by atoms with E-state index in [1.54, 1.807) is 12.1 Å². The highest BCUT2D eigenvalue weighted by Gasteiger charge is 2.15. The average Bonchev–Trinajstić information content (AvgIpc) is 2.66. The summed E-state index contributed by atoms with van der Waals surface area (Å²) in [5.74, 6) is 1.72. The molecule has 1 aromatic rings. The monoisotopic (exact) mass is 408 g/mol. The first-order chi connectivity index (χ1) is 12.2. The molecule has 0 unspecified atom stereocenters. The lowest BCUT2D eigenvalue weighted by molar-refractivity contribution is -0.123. The number of halogens is 1. The van der Waals surface area contributed by atoms with Crippen molar-refractivity contribution in [1.29, 1.82) is 0 Å². The van der Waals surface area contributed by atoms with Gasteiger partial charge in [0.05, 0.1) is 34.5 Å². The molecule has 9 nitrogen and oxygen atoms in total. The highest BCUT2D eigenvalue weighted by atomic mass is 35.5. The third-order valence-electron chi connectivity index (χ3n) is 3.86. The highest BCUT2D eigenvalue weighted by Crippen LogP contribution is 2.40. The van der Waals surface area contributed by atoms with Gasteiger partial charge >= 0.3 is 0 Å². The quantitative estimate of drug-likeness (QED) is 0.618. The lowest BCUT2D eigenvalue weighted by Crippen LogP contribution is -2.42. The first kappa shape index (κ1) is 25.1. The number of hydrogen-bond acceptors (Lipinski definition) is 7. The predicted octanol–water partition coefficient (Wildman–Crippen LogP) is 0.137. The highest BCUT2D eigenvalue weighted by molar-refractivity contribution is 5.85. The summed E-state index contributed by atoms with van der Waals surface area (Å²) in [6.45, 7) is 4.60. The summed E-state index contributed by atoms with van der Waals surface area (Å²) >= 11 is 0. The third kappa shape index (κ3) is 7.67. The maximum absolute atomic E-state index is 11.9. The molecule has 0 aromatic heterocycles. The first-order valence-corrected chi connectivity index (χ1v) is 8.17. The van der Waals surface area contributed by atoms with Crippen LogP contribution in [-0.4, -0.2) is 83.6 Å². The van der Waals surface area contributed by atoms with E-state index in [4.69, 9.17) is 23.7 Å². The third-order valence-corrected chi connectivity index (χ3v) is 3.86. The number of nitrogens with zero attached hydrogens (tertiary/aromatic N) is 1. The Morgan fingerprint density at radius 2 is 1.70 bits per heavy atom. The fourth-order valence-corrected chi connectivity index (χ4v) is 2.52. The number of benzene rings is 1. The van der Waals surface area contributed by atoms with E-state index in [1.807, 2.05) is 0 Å². The van der Waals surface area contributed by atoms with Gasteiger partial charge in [-0.05, 0) is 0 Å². The Labute approximate surface area is 165 Å². The topological polar surface area (TPSA) is 110 Å². The Morgan fingerprint density at radius 1 is 1.11 bits per heavy atom. The van der Waals surface area contributed by atoms with Gasteiger partial charge in [-0.25, -0.2) is 0 Å². The van der Waals surface area contributed by atoms with Gasteiger partial charge in [0.15, 0.2) is 18.1 Å². The Bertz CT molecular complexity index is 543. The fraction of sp³-hybridized carbons (Fsp3) is 0.588. The molecule has 2 rings (SSSR count). The number of rotatable bonds is 9. The summed E-state index contributed by atoms with van der Waals surface area (Å²) in [6, 6.07) is 3.31. The Hall–Kier alpha value is -1.94. The molecule has 1 aliphatic heterocycles. The number of ether oxygens (including phenoxy) is 5. The SMILES string of the molecule is COc1cc(OCC(=O)NCCN2CCOCC2)cc(OC)c1OC.Cl.O. The van der Waals surface area contributed by atoms with Crippen molar-refractivity contribution in [3.05, 3.63) is 12.1 Å². The van der Waals surface area contributed by atoms with Gasteiger partial charge in [0.1, 0.15) is 5.75 Å². The van der Waals surface area contributed by atoms with Crippen LogP contribution in [0, 0.1) is 0 Å². The van der Waals surface area contributed by atoms with Crippen LogP contribution in [-0.2, 0) is 9.53 Å². The average molecular weight is 409 g/mol. The minimum Gasteiger partial charge on any atom is -0.493 e. The van der Waals surface area contributed by atoms with E-state index in [2.05, 4.69) is 10.2 Å². The number of methoxy groups -OCH3 is 3. The molecule has 0 saturated carbocycles. The minimum absolute atomic E-state index is 0. The van der Waals surface area contributed by atoms with Crippen molar-refractivity contribution in [3.8, 4) is 23.0 Å². The predicted molar refractivity (Wildman–Crippen MR) is 103 cm³/mol. The molecule has 0 spiro atoms. The van der Waals surface area contributed by atoms with E-state index in [0.717, 1.165) is 32.8 Å². The molecule has 1 heterocycles. The Balaban J connectivity index is 0.00000338. The van der Waals surface area contributed by atoms with Gasteiger partial charge < -0.3 is 34.5 Å². The smallest absolute Gasteiger partial charge is 0.257 e.